The second kappa shape index (κ2) is 14.8. The quantitative estimate of drug-likeness (QED) is 0.290. The van der Waals surface area contributed by atoms with Gasteiger partial charge in [-0.1, -0.05) is 25.0 Å². The molecular weight excluding hydrogens is 675 g/mol. The zero-order valence-corrected chi connectivity index (χ0v) is 29.3. The van der Waals surface area contributed by atoms with E-state index in [4.69, 9.17) is 19.7 Å². The third-order valence-electron chi connectivity index (χ3n) is 10.5. The second-order valence-electron chi connectivity index (χ2n) is 13.8. The van der Waals surface area contributed by atoms with Gasteiger partial charge in [0.25, 0.3) is 0 Å². The topological polar surface area (TPSA) is 178 Å². The van der Waals surface area contributed by atoms with Gasteiger partial charge in [-0.3, -0.25) is 9.59 Å². The van der Waals surface area contributed by atoms with Crippen LogP contribution in [0.5, 0.6) is 5.75 Å². The number of fused-ring (bicyclic) bond motifs is 2. The summed E-state index contributed by atoms with van der Waals surface area (Å²) in [6.45, 7) is 0.0736. The van der Waals surface area contributed by atoms with E-state index in [0.717, 1.165) is 50.5 Å². The third-order valence-corrected chi connectivity index (χ3v) is 11.2. The van der Waals surface area contributed by atoms with Gasteiger partial charge in [-0.2, -0.15) is 9.90 Å². The maximum atomic E-state index is 14.5. The van der Waals surface area contributed by atoms with Crippen LogP contribution in [0.4, 0.5) is 4.79 Å². The molecule has 0 unspecified atom stereocenters. The number of carbonyl (C=O) groups excluding carboxylic acids is 3. The highest BCUT2D eigenvalue weighted by atomic mass is 32.1. The summed E-state index contributed by atoms with van der Waals surface area (Å²) in [5.41, 5.74) is 0.490. The molecule has 7 rings (SSSR count). The number of nitrogens with one attached hydrogen (secondary N) is 2. The monoisotopic (exact) mass is 717 g/mol. The smallest absolute Gasteiger partial charge is 0.408 e. The van der Waals surface area contributed by atoms with Crippen LogP contribution >= 0.6 is 11.3 Å². The number of amides is 3. The van der Waals surface area contributed by atoms with Crippen LogP contribution in [0, 0.1) is 5.92 Å². The number of aromatic nitrogens is 4. The molecule has 2 aromatic heterocycles. The summed E-state index contributed by atoms with van der Waals surface area (Å²) in [6.07, 6.45) is 12.2. The van der Waals surface area contributed by atoms with Crippen LogP contribution in [0.3, 0.4) is 0 Å². The Morgan fingerprint density at radius 2 is 1.80 bits per heavy atom. The Labute approximate surface area is 299 Å². The van der Waals surface area contributed by atoms with Crippen LogP contribution in [0.1, 0.15) is 76.7 Å². The van der Waals surface area contributed by atoms with Crippen molar-refractivity contribution in [2.45, 2.75) is 100 Å². The summed E-state index contributed by atoms with van der Waals surface area (Å²) in [6, 6.07) is 4.94. The molecule has 0 spiro atoms. The van der Waals surface area contributed by atoms with Gasteiger partial charge in [0.15, 0.2) is 0 Å². The summed E-state index contributed by atoms with van der Waals surface area (Å²) in [7, 11) is 1.60. The Balaban J connectivity index is 1.21. The fraction of sp³-hybridized carbons (Fsp3) is 0.528. The van der Waals surface area contributed by atoms with Crippen molar-refractivity contribution in [2.75, 3.05) is 13.7 Å². The number of thiazole rings is 1. The molecule has 5 atom stereocenters. The maximum absolute atomic E-state index is 14.5. The predicted molar refractivity (Wildman–Crippen MR) is 187 cm³/mol. The molecule has 1 aromatic carbocycles. The number of methoxy groups -OCH3 is 1. The maximum Gasteiger partial charge on any atom is 0.408 e. The molecule has 3 N–H and O–H groups in total. The first-order chi connectivity index (χ1) is 24.8. The number of nitrogens with zero attached hydrogens (tertiary/aromatic N) is 5. The van der Waals surface area contributed by atoms with Crippen molar-refractivity contribution in [1.29, 1.82) is 0 Å². The number of ether oxygens (including phenoxy) is 2. The Bertz CT molecular complexity index is 1770. The number of hydrogen-bond acceptors (Lipinski definition) is 10. The molecule has 0 radical (unpaired) electrons. The van der Waals surface area contributed by atoms with E-state index in [9.17, 15) is 24.3 Å². The van der Waals surface area contributed by atoms with Crippen LogP contribution in [0.15, 0.2) is 48.0 Å². The average Bonchev–Trinajstić information content (AvgIpc) is 3.77. The molecule has 51 heavy (non-hydrogen) atoms. The SMILES string of the molecule is COc1ccc(-c2nn([C@@H]3C[C@H]4C(=O)N[C@]5(C(=O)O)C[C@H]5C=CCCCCC[C@H](NC(=O)OC5CCCC5)C(=O)N4C3)nc2-c2nccs2)cc1. The van der Waals surface area contributed by atoms with Gasteiger partial charge in [-0.25, -0.2) is 14.6 Å². The highest BCUT2D eigenvalue weighted by Crippen LogP contribution is 2.46. The largest absolute Gasteiger partial charge is 0.497 e. The minimum absolute atomic E-state index is 0.0736. The van der Waals surface area contributed by atoms with Gasteiger partial charge in [0.05, 0.1) is 13.2 Å². The van der Waals surface area contributed by atoms with Gasteiger partial charge in [-0.05, 0) is 75.6 Å². The average molecular weight is 718 g/mol. The van der Waals surface area contributed by atoms with Crippen LogP contribution in [-0.4, -0.2) is 91.2 Å². The van der Waals surface area contributed by atoms with Crippen LogP contribution in [0.25, 0.3) is 22.0 Å². The van der Waals surface area contributed by atoms with E-state index >= 15 is 0 Å². The normalized spacial score (nSPS) is 27.1. The molecule has 2 aliphatic heterocycles. The van der Waals surface area contributed by atoms with Crippen molar-refractivity contribution in [3.8, 4) is 27.7 Å². The van der Waals surface area contributed by atoms with E-state index in [0.29, 0.717) is 35.0 Å². The molecule has 3 aromatic rings. The zero-order chi connectivity index (χ0) is 35.5. The van der Waals surface area contributed by atoms with Crippen molar-refractivity contribution in [3.63, 3.8) is 0 Å². The Morgan fingerprint density at radius 3 is 2.53 bits per heavy atom. The number of alkyl carbamates (subject to hydrolysis) is 1. The Kier molecular flexibility index (Phi) is 10.1. The molecule has 0 bridgehead atoms. The molecule has 3 amide bonds. The molecule has 2 saturated carbocycles. The van der Waals surface area contributed by atoms with Gasteiger partial charge < -0.3 is 30.1 Å². The molecule has 4 aliphatic rings. The van der Waals surface area contributed by atoms with Gasteiger partial charge in [0.1, 0.15) is 45.9 Å². The fourth-order valence-electron chi connectivity index (χ4n) is 7.49. The van der Waals surface area contributed by atoms with Gasteiger partial charge >= 0.3 is 12.1 Å². The van der Waals surface area contributed by atoms with Crippen molar-refractivity contribution >= 4 is 35.2 Å². The van der Waals surface area contributed by atoms with Gasteiger partial charge in [0.2, 0.25) is 11.8 Å². The lowest BCUT2D eigenvalue weighted by molar-refractivity contribution is -0.145. The number of aliphatic carboxylic acids is 1. The molecule has 14 nitrogen and oxygen atoms in total. The Morgan fingerprint density at radius 1 is 1.04 bits per heavy atom. The summed E-state index contributed by atoms with van der Waals surface area (Å²) in [4.78, 5) is 61.7. The number of allylic oxidation sites excluding steroid dienone is 1. The van der Waals surface area contributed by atoms with Crippen molar-refractivity contribution in [1.82, 2.24) is 35.5 Å². The number of carboxylic acids is 1. The molecule has 15 heteroatoms. The first-order valence-corrected chi connectivity index (χ1v) is 18.6. The van der Waals surface area contributed by atoms with E-state index in [-0.39, 0.29) is 31.4 Å². The van der Waals surface area contributed by atoms with Gasteiger partial charge in [-0.15, -0.1) is 16.4 Å². The lowest BCUT2D eigenvalue weighted by atomic mass is 10.0. The lowest BCUT2D eigenvalue weighted by Gasteiger charge is -2.29. The first-order valence-electron chi connectivity index (χ1n) is 17.8. The first kappa shape index (κ1) is 34.6. The van der Waals surface area contributed by atoms with Crippen molar-refractivity contribution in [2.24, 2.45) is 5.92 Å². The van der Waals surface area contributed by atoms with Crippen LogP contribution in [0.2, 0.25) is 0 Å². The van der Waals surface area contributed by atoms with E-state index in [1.165, 1.54) is 21.0 Å². The fourth-order valence-corrected chi connectivity index (χ4v) is 8.11. The van der Waals surface area contributed by atoms with Crippen molar-refractivity contribution < 1.29 is 33.8 Å². The number of rotatable bonds is 7. The minimum atomic E-state index is -1.44. The molecular formula is C36H43N7O7S. The third kappa shape index (κ3) is 7.34. The number of carbonyl (C=O) groups is 4. The standard InChI is InChI=1S/C36H43N7O7S/c1-49-25-15-13-22(14-16-25)29-30(32-37-17-18-51-32)41-43(40-29)24-19-28-31(44)39-36(34(46)47)20-23(36)9-5-3-2-4-6-12-27(33(45)42(28)21-24)38-35(48)50-26-10-7-8-11-26/h5,9,13-18,23-24,26-28H,2-4,6-8,10-12,19-21H2,1H3,(H,38,48)(H,39,44)(H,46,47)/t23-,24-,27+,28+,36-/m1/s1. The van der Waals surface area contributed by atoms with Gasteiger partial charge in [0, 0.05) is 36.0 Å². The Hall–Kier alpha value is -4.79. The second-order valence-corrected chi connectivity index (χ2v) is 14.7. The number of hydrogen-bond donors (Lipinski definition) is 3. The molecule has 1 saturated heterocycles. The highest BCUT2D eigenvalue weighted by Gasteiger charge is 2.61. The van der Waals surface area contributed by atoms with E-state index < -0.39 is 47.5 Å². The molecule has 270 valence electrons. The summed E-state index contributed by atoms with van der Waals surface area (Å²) in [5.74, 6) is -1.75. The molecule has 4 heterocycles. The lowest BCUT2D eigenvalue weighted by Crippen LogP contribution is -2.56. The van der Waals surface area contributed by atoms with Crippen molar-refractivity contribution in [3.05, 3.63) is 48.0 Å². The zero-order valence-electron chi connectivity index (χ0n) is 28.5. The van der Waals surface area contributed by atoms with Crippen LogP contribution in [-0.2, 0) is 19.1 Å². The van der Waals surface area contributed by atoms with Crippen LogP contribution < -0.4 is 15.4 Å². The summed E-state index contributed by atoms with van der Waals surface area (Å²) in [5, 5.41) is 28.1. The number of carboxylic acid groups (broad SMARTS) is 1. The number of benzene rings is 1. The highest BCUT2D eigenvalue weighted by molar-refractivity contribution is 7.13. The molecule has 2 aliphatic carbocycles. The minimum Gasteiger partial charge on any atom is -0.497 e. The summed E-state index contributed by atoms with van der Waals surface area (Å²) < 4.78 is 11.0. The summed E-state index contributed by atoms with van der Waals surface area (Å²) >= 11 is 1.42. The van der Waals surface area contributed by atoms with E-state index in [1.807, 2.05) is 41.8 Å². The molecule has 3 fully saturated rings. The predicted octanol–water partition coefficient (Wildman–Crippen LogP) is 4.74. The van der Waals surface area contributed by atoms with E-state index in [2.05, 4.69) is 15.6 Å². The van der Waals surface area contributed by atoms with E-state index in [1.54, 1.807) is 13.3 Å².